The molecule has 0 aliphatic rings. The maximum Gasteiger partial charge on any atom is 0.251 e. The van der Waals surface area contributed by atoms with Crippen molar-refractivity contribution in [2.75, 3.05) is 5.73 Å². The molecule has 2 rings (SSSR count). The van der Waals surface area contributed by atoms with E-state index in [1.807, 2.05) is 6.92 Å². The van der Waals surface area contributed by atoms with Crippen LogP contribution < -0.4 is 11.1 Å². The third-order valence-corrected chi connectivity index (χ3v) is 3.17. The van der Waals surface area contributed by atoms with Crippen LogP contribution in [0.5, 0.6) is 0 Å². The molecule has 5 nitrogen and oxygen atoms in total. The average Bonchev–Trinajstić information content (AvgIpc) is 2.92. The minimum atomic E-state index is -0.202. The number of anilines is 1. The van der Waals surface area contributed by atoms with Crippen molar-refractivity contribution in [3.8, 4) is 0 Å². The molecule has 19 heavy (non-hydrogen) atoms. The number of hydrogen-bond acceptors (Lipinski definition) is 3. The van der Waals surface area contributed by atoms with Crippen molar-refractivity contribution >= 4 is 23.2 Å². The summed E-state index contributed by atoms with van der Waals surface area (Å²) in [7, 11) is 0. The van der Waals surface area contributed by atoms with Crippen molar-refractivity contribution in [2.45, 2.75) is 19.4 Å². The zero-order valence-corrected chi connectivity index (χ0v) is 11.2. The fourth-order valence-corrected chi connectivity index (χ4v) is 1.88. The zero-order chi connectivity index (χ0) is 13.8. The number of carbonyl (C=O) groups excluding carboxylic acids is 1. The van der Waals surface area contributed by atoms with Gasteiger partial charge in [0.15, 0.2) is 0 Å². The van der Waals surface area contributed by atoms with Crippen molar-refractivity contribution in [1.29, 1.82) is 0 Å². The highest BCUT2D eigenvalue weighted by molar-refractivity contribution is 6.33. The number of benzene rings is 1. The summed E-state index contributed by atoms with van der Waals surface area (Å²) in [6.45, 7) is 1.98. The maximum absolute atomic E-state index is 12.1. The first-order chi connectivity index (χ1) is 9.11. The quantitative estimate of drug-likeness (QED) is 0.752. The Balaban J connectivity index is 2.13. The Hall–Kier alpha value is -2.01. The minimum absolute atomic E-state index is 0.153. The lowest BCUT2D eigenvalue weighted by molar-refractivity contribution is 0.0934. The van der Waals surface area contributed by atoms with E-state index in [9.17, 15) is 4.79 Å². The van der Waals surface area contributed by atoms with Gasteiger partial charge in [-0.3, -0.25) is 4.79 Å². The molecule has 0 aliphatic heterocycles. The summed E-state index contributed by atoms with van der Waals surface area (Å²) in [5.41, 5.74) is 6.55. The van der Waals surface area contributed by atoms with Gasteiger partial charge in [-0.15, -0.1) is 0 Å². The van der Waals surface area contributed by atoms with Gasteiger partial charge in [0.2, 0.25) is 0 Å². The predicted molar refractivity (Wildman–Crippen MR) is 75.0 cm³/mol. The number of amides is 1. The SMILES string of the molecule is CCC(NC(=O)c1ccc(Cl)c(N)c1)c1ncc[nH]1. The highest BCUT2D eigenvalue weighted by Crippen LogP contribution is 2.20. The van der Waals surface area contributed by atoms with Crippen molar-refractivity contribution in [3.63, 3.8) is 0 Å². The lowest BCUT2D eigenvalue weighted by Gasteiger charge is -2.15. The van der Waals surface area contributed by atoms with Crippen molar-refractivity contribution in [1.82, 2.24) is 15.3 Å². The lowest BCUT2D eigenvalue weighted by atomic mass is 10.1. The smallest absolute Gasteiger partial charge is 0.251 e. The Morgan fingerprint density at radius 3 is 2.95 bits per heavy atom. The summed E-state index contributed by atoms with van der Waals surface area (Å²) in [4.78, 5) is 19.3. The molecule has 4 N–H and O–H groups in total. The van der Waals surface area contributed by atoms with Crippen LogP contribution in [0.1, 0.15) is 35.6 Å². The molecule has 6 heteroatoms. The molecule has 0 saturated carbocycles. The van der Waals surface area contributed by atoms with E-state index in [-0.39, 0.29) is 11.9 Å². The van der Waals surface area contributed by atoms with Crippen LogP contribution in [0.15, 0.2) is 30.6 Å². The first-order valence-electron chi connectivity index (χ1n) is 5.97. The molecule has 0 bridgehead atoms. The summed E-state index contributed by atoms with van der Waals surface area (Å²) in [5.74, 6) is 0.532. The van der Waals surface area contributed by atoms with Crippen LogP contribution in [0.3, 0.4) is 0 Å². The van der Waals surface area contributed by atoms with Gasteiger partial charge in [0.1, 0.15) is 5.82 Å². The van der Waals surface area contributed by atoms with Gasteiger partial charge in [-0.25, -0.2) is 4.98 Å². The van der Waals surface area contributed by atoms with Gasteiger partial charge in [0.25, 0.3) is 5.91 Å². The molecule has 1 heterocycles. The van der Waals surface area contributed by atoms with Crippen LogP contribution in [-0.2, 0) is 0 Å². The van der Waals surface area contributed by atoms with Crippen molar-refractivity contribution in [2.24, 2.45) is 0 Å². The average molecular weight is 279 g/mol. The maximum atomic E-state index is 12.1. The van der Waals surface area contributed by atoms with Crippen LogP contribution in [0, 0.1) is 0 Å². The molecule has 100 valence electrons. The van der Waals surface area contributed by atoms with Crippen LogP contribution in [-0.4, -0.2) is 15.9 Å². The molecule has 2 aromatic rings. The first kappa shape index (κ1) is 13.4. The number of carbonyl (C=O) groups is 1. The number of halogens is 1. The van der Waals surface area contributed by atoms with E-state index < -0.39 is 0 Å². The number of aromatic nitrogens is 2. The fourth-order valence-electron chi connectivity index (χ4n) is 1.76. The number of aromatic amines is 1. The second kappa shape index (κ2) is 5.75. The van der Waals surface area contributed by atoms with Crippen molar-refractivity contribution in [3.05, 3.63) is 47.0 Å². The van der Waals surface area contributed by atoms with Crippen LogP contribution >= 0.6 is 11.6 Å². The molecule has 1 aromatic carbocycles. The van der Waals surface area contributed by atoms with E-state index in [1.165, 1.54) is 0 Å². The number of nitrogen functional groups attached to an aromatic ring is 1. The van der Waals surface area contributed by atoms with E-state index in [1.54, 1.807) is 30.6 Å². The Morgan fingerprint density at radius 1 is 1.58 bits per heavy atom. The molecule has 0 spiro atoms. The van der Waals surface area contributed by atoms with Crippen LogP contribution in [0.25, 0.3) is 0 Å². The summed E-state index contributed by atoms with van der Waals surface area (Å²) in [6.07, 6.45) is 4.12. The molecule has 0 aliphatic carbocycles. The first-order valence-corrected chi connectivity index (χ1v) is 6.34. The Morgan fingerprint density at radius 2 is 2.37 bits per heavy atom. The molecular formula is C13H15ClN4O. The van der Waals surface area contributed by atoms with Gasteiger partial charge in [0, 0.05) is 18.0 Å². The monoisotopic (exact) mass is 278 g/mol. The fraction of sp³-hybridized carbons (Fsp3) is 0.231. The molecule has 1 unspecified atom stereocenters. The van der Waals surface area contributed by atoms with Gasteiger partial charge in [-0.2, -0.15) is 0 Å². The Kier molecular flexibility index (Phi) is 4.06. The normalized spacial score (nSPS) is 12.1. The number of H-pyrrole nitrogens is 1. The van der Waals surface area contributed by atoms with Crippen LogP contribution in [0.2, 0.25) is 5.02 Å². The summed E-state index contributed by atoms with van der Waals surface area (Å²) >= 11 is 5.83. The second-order valence-electron chi connectivity index (χ2n) is 4.15. The molecule has 0 radical (unpaired) electrons. The topological polar surface area (TPSA) is 83.8 Å². The van der Waals surface area contributed by atoms with E-state index in [0.717, 1.165) is 12.2 Å². The number of imidazole rings is 1. The summed E-state index contributed by atoms with van der Waals surface area (Å²) in [5, 5.41) is 3.34. The molecule has 0 saturated heterocycles. The highest BCUT2D eigenvalue weighted by atomic mass is 35.5. The predicted octanol–water partition coefficient (Wildman–Crippen LogP) is 2.53. The third-order valence-electron chi connectivity index (χ3n) is 2.82. The summed E-state index contributed by atoms with van der Waals surface area (Å²) < 4.78 is 0. The molecule has 1 atom stereocenters. The van der Waals surface area contributed by atoms with Gasteiger partial charge in [-0.1, -0.05) is 18.5 Å². The van der Waals surface area contributed by atoms with E-state index >= 15 is 0 Å². The number of hydrogen-bond donors (Lipinski definition) is 3. The Labute approximate surface area is 116 Å². The van der Waals surface area contributed by atoms with Gasteiger partial charge >= 0.3 is 0 Å². The zero-order valence-electron chi connectivity index (χ0n) is 10.5. The number of nitrogens with one attached hydrogen (secondary N) is 2. The number of rotatable bonds is 4. The highest BCUT2D eigenvalue weighted by Gasteiger charge is 2.16. The third kappa shape index (κ3) is 3.06. The van der Waals surface area contributed by atoms with Gasteiger partial charge in [0.05, 0.1) is 16.8 Å². The largest absolute Gasteiger partial charge is 0.398 e. The standard InChI is InChI=1S/C13H15ClN4O/c1-2-11(12-16-5-6-17-12)18-13(19)8-3-4-9(14)10(15)7-8/h3-7,11H,2,15H2,1H3,(H,16,17)(H,18,19). The van der Waals surface area contributed by atoms with Crippen molar-refractivity contribution < 1.29 is 4.79 Å². The number of nitrogens with two attached hydrogens (primary N) is 1. The van der Waals surface area contributed by atoms with E-state index in [2.05, 4.69) is 15.3 Å². The molecule has 0 fully saturated rings. The minimum Gasteiger partial charge on any atom is -0.398 e. The van der Waals surface area contributed by atoms with E-state index in [0.29, 0.717) is 16.3 Å². The lowest BCUT2D eigenvalue weighted by Crippen LogP contribution is -2.28. The van der Waals surface area contributed by atoms with Crippen LogP contribution in [0.4, 0.5) is 5.69 Å². The Bertz CT molecular complexity index is 568. The molecule has 1 amide bonds. The molecule has 1 aromatic heterocycles. The van der Waals surface area contributed by atoms with Gasteiger partial charge < -0.3 is 16.0 Å². The van der Waals surface area contributed by atoms with E-state index in [4.69, 9.17) is 17.3 Å². The summed E-state index contributed by atoms with van der Waals surface area (Å²) in [6, 6.07) is 4.66. The second-order valence-corrected chi connectivity index (χ2v) is 4.55. The number of nitrogens with zero attached hydrogens (tertiary/aromatic N) is 1. The molecular weight excluding hydrogens is 264 g/mol. The van der Waals surface area contributed by atoms with Gasteiger partial charge in [-0.05, 0) is 24.6 Å².